The number of alkyl halides is 2. The number of halogens is 3. The Balaban J connectivity index is 1.99. The predicted octanol–water partition coefficient (Wildman–Crippen LogP) is 2.46. The second kappa shape index (κ2) is 5.90. The molecule has 1 aliphatic heterocycles. The van der Waals surface area contributed by atoms with E-state index in [1.54, 1.807) is 4.90 Å². The number of aromatic nitrogens is 1. The second-order valence-corrected chi connectivity index (χ2v) is 7.33. The number of primary amides is 1. The van der Waals surface area contributed by atoms with Gasteiger partial charge in [0.1, 0.15) is 5.82 Å². The number of benzene rings is 1. The molecule has 26 heavy (non-hydrogen) atoms. The van der Waals surface area contributed by atoms with Gasteiger partial charge in [-0.3, -0.25) is 4.79 Å². The number of anilines is 1. The van der Waals surface area contributed by atoms with E-state index in [1.807, 2.05) is 0 Å². The Morgan fingerprint density at radius 2 is 2.15 bits per heavy atom. The summed E-state index contributed by atoms with van der Waals surface area (Å²) in [7, 11) is 0. The number of hydrogen-bond donors (Lipinski definition) is 3. The molecule has 0 bridgehead atoms. The van der Waals surface area contributed by atoms with E-state index in [2.05, 4.69) is 4.98 Å². The van der Waals surface area contributed by atoms with Crippen LogP contribution in [0.1, 0.15) is 40.9 Å². The van der Waals surface area contributed by atoms with Gasteiger partial charge in [0.2, 0.25) is 0 Å². The van der Waals surface area contributed by atoms with Crippen LogP contribution in [-0.2, 0) is 12.8 Å². The van der Waals surface area contributed by atoms with E-state index in [9.17, 15) is 13.6 Å². The van der Waals surface area contributed by atoms with Crippen molar-refractivity contribution in [2.24, 2.45) is 11.5 Å². The Kier molecular flexibility index (Phi) is 3.91. The summed E-state index contributed by atoms with van der Waals surface area (Å²) in [6.07, 6.45) is 1.03. The molecule has 140 valence electrons. The van der Waals surface area contributed by atoms with E-state index in [-0.39, 0.29) is 30.1 Å². The number of aromatic amines is 1. The monoisotopic (exact) mass is 366 g/mol. The van der Waals surface area contributed by atoms with E-state index in [1.165, 1.54) is 0 Å². The van der Waals surface area contributed by atoms with E-state index in [0.717, 1.165) is 18.9 Å². The summed E-state index contributed by atoms with van der Waals surface area (Å²) in [6, 6.07) is 0.991. The van der Waals surface area contributed by atoms with Gasteiger partial charge in [0.05, 0.1) is 16.8 Å². The van der Waals surface area contributed by atoms with Gasteiger partial charge in [-0.25, -0.2) is 13.2 Å². The second-order valence-electron chi connectivity index (χ2n) is 7.33. The molecule has 5 nitrogen and oxygen atoms in total. The number of H-pyrrole nitrogens is 1. The molecule has 1 saturated heterocycles. The number of hydrogen-bond acceptors (Lipinski definition) is 3. The number of rotatable bonds is 2. The molecule has 0 radical (unpaired) electrons. The van der Waals surface area contributed by atoms with Crippen molar-refractivity contribution in [3.8, 4) is 0 Å². The summed E-state index contributed by atoms with van der Waals surface area (Å²) in [4.78, 5) is 16.7. The minimum atomic E-state index is -2.85. The van der Waals surface area contributed by atoms with E-state index in [0.29, 0.717) is 35.2 Å². The van der Waals surface area contributed by atoms with Gasteiger partial charge in [-0.2, -0.15) is 0 Å². The minimum Gasteiger partial charge on any atom is -0.367 e. The number of fused-ring (bicyclic) bond motifs is 3. The van der Waals surface area contributed by atoms with Crippen molar-refractivity contribution < 1.29 is 18.0 Å². The molecule has 1 fully saturated rings. The topological polar surface area (TPSA) is 88.1 Å². The highest BCUT2D eigenvalue weighted by Gasteiger charge is 2.38. The summed E-state index contributed by atoms with van der Waals surface area (Å²) in [5, 5.41) is 0.349. The van der Waals surface area contributed by atoms with E-state index < -0.39 is 24.1 Å². The Morgan fingerprint density at radius 3 is 2.85 bits per heavy atom. The van der Waals surface area contributed by atoms with Crippen LogP contribution in [0.15, 0.2) is 6.07 Å². The molecule has 0 unspecified atom stereocenters. The van der Waals surface area contributed by atoms with E-state index >= 15 is 4.39 Å². The molecule has 1 amide bonds. The van der Waals surface area contributed by atoms with Crippen LogP contribution >= 0.6 is 0 Å². The zero-order valence-electron chi connectivity index (χ0n) is 14.2. The minimum absolute atomic E-state index is 0.0136. The zero-order valence-corrected chi connectivity index (χ0v) is 14.2. The van der Waals surface area contributed by atoms with Gasteiger partial charge < -0.3 is 21.4 Å². The third kappa shape index (κ3) is 2.72. The number of nitrogens with zero attached hydrogens (tertiary/aromatic N) is 1. The largest absolute Gasteiger partial charge is 0.367 e. The first-order valence-electron chi connectivity index (χ1n) is 8.81. The first-order chi connectivity index (χ1) is 12.3. The predicted molar refractivity (Wildman–Crippen MR) is 93.2 cm³/mol. The lowest BCUT2D eigenvalue weighted by atomic mass is 9.91. The molecule has 1 aromatic heterocycles. The lowest BCUT2D eigenvalue weighted by Gasteiger charge is -2.34. The highest BCUT2D eigenvalue weighted by molar-refractivity contribution is 6.10. The van der Waals surface area contributed by atoms with Crippen LogP contribution in [0, 0.1) is 5.82 Å². The maximum atomic E-state index is 15.0. The standard InChI is InChI=1S/C18H21F3N4O/c19-12-6-10(17(23)26)15-14(16(12)25-5-1-2-9(22)8-25)11-7-18(20,21)4-3-13(11)24-15/h6,9,24H,1-5,7-8,22H2,(H2,23,26)/t9-/m0/s1. The Morgan fingerprint density at radius 1 is 1.38 bits per heavy atom. The fourth-order valence-corrected chi connectivity index (χ4v) is 4.22. The normalized spacial score (nSPS) is 22.5. The Labute approximate surface area is 148 Å². The van der Waals surface area contributed by atoms with Crippen molar-refractivity contribution in [1.82, 2.24) is 4.98 Å². The smallest absolute Gasteiger partial charge is 0.252 e. The van der Waals surface area contributed by atoms with Crippen LogP contribution in [0.4, 0.5) is 18.9 Å². The van der Waals surface area contributed by atoms with Crippen molar-refractivity contribution in [3.05, 3.63) is 28.7 Å². The van der Waals surface area contributed by atoms with Crippen LogP contribution in [0.25, 0.3) is 10.9 Å². The highest BCUT2D eigenvalue weighted by Crippen LogP contribution is 2.43. The molecule has 1 aromatic carbocycles. The number of amides is 1. The maximum absolute atomic E-state index is 15.0. The first-order valence-corrected chi connectivity index (χ1v) is 8.81. The van der Waals surface area contributed by atoms with Crippen molar-refractivity contribution >= 4 is 22.5 Å². The molecular weight excluding hydrogens is 345 g/mol. The molecule has 2 aromatic rings. The third-order valence-electron chi connectivity index (χ3n) is 5.41. The summed E-state index contributed by atoms with van der Waals surface area (Å²) >= 11 is 0. The molecule has 1 aliphatic carbocycles. The van der Waals surface area contributed by atoms with Gasteiger partial charge in [-0.05, 0) is 30.9 Å². The number of carbonyl (C=O) groups excluding carboxylic acids is 1. The summed E-state index contributed by atoms with van der Waals surface area (Å²) < 4.78 is 43.1. The van der Waals surface area contributed by atoms with Crippen LogP contribution in [0.5, 0.6) is 0 Å². The molecule has 4 rings (SSSR count). The van der Waals surface area contributed by atoms with Crippen LogP contribution < -0.4 is 16.4 Å². The van der Waals surface area contributed by atoms with Crippen molar-refractivity contribution in [2.45, 2.75) is 44.1 Å². The van der Waals surface area contributed by atoms with Gasteiger partial charge in [0.15, 0.2) is 0 Å². The molecule has 0 spiro atoms. The lowest BCUT2D eigenvalue weighted by Crippen LogP contribution is -2.43. The number of nitrogens with two attached hydrogens (primary N) is 2. The van der Waals surface area contributed by atoms with Crippen molar-refractivity contribution in [2.75, 3.05) is 18.0 Å². The lowest BCUT2D eigenvalue weighted by molar-refractivity contribution is -0.0121. The Hall–Kier alpha value is -2.22. The number of aryl methyl sites for hydroxylation is 1. The third-order valence-corrected chi connectivity index (χ3v) is 5.41. The molecule has 5 N–H and O–H groups in total. The van der Waals surface area contributed by atoms with Crippen LogP contribution in [-0.4, -0.2) is 35.9 Å². The molecule has 1 atom stereocenters. The van der Waals surface area contributed by atoms with Gasteiger partial charge in [-0.1, -0.05) is 0 Å². The summed E-state index contributed by atoms with van der Waals surface area (Å²) in [5.41, 5.74) is 13.0. The van der Waals surface area contributed by atoms with Crippen molar-refractivity contribution in [1.29, 1.82) is 0 Å². The summed E-state index contributed by atoms with van der Waals surface area (Å²) in [6.45, 7) is 1.03. The van der Waals surface area contributed by atoms with Gasteiger partial charge >= 0.3 is 0 Å². The summed E-state index contributed by atoms with van der Waals surface area (Å²) in [5.74, 6) is -4.27. The average molecular weight is 366 g/mol. The van der Waals surface area contributed by atoms with Gasteiger partial charge in [0.25, 0.3) is 11.8 Å². The zero-order chi connectivity index (χ0) is 18.6. The fourth-order valence-electron chi connectivity index (χ4n) is 4.22. The molecule has 8 heteroatoms. The molecule has 2 aliphatic rings. The first kappa shape index (κ1) is 17.2. The number of nitrogens with one attached hydrogen (secondary N) is 1. The maximum Gasteiger partial charge on any atom is 0.252 e. The van der Waals surface area contributed by atoms with Gasteiger partial charge in [-0.15, -0.1) is 0 Å². The quantitative estimate of drug-likeness (QED) is 0.763. The SMILES string of the molecule is NC(=O)c1cc(F)c(N2CCC[C@H](N)C2)c2c3c([nH]c12)CCC(F)(F)C3. The van der Waals surface area contributed by atoms with Crippen LogP contribution in [0.3, 0.4) is 0 Å². The average Bonchev–Trinajstić information content (AvgIpc) is 2.91. The molecule has 2 heterocycles. The Bertz CT molecular complexity index is 892. The number of carbonyl (C=O) groups is 1. The highest BCUT2D eigenvalue weighted by atomic mass is 19.3. The van der Waals surface area contributed by atoms with Gasteiger partial charge in [0, 0.05) is 43.1 Å². The van der Waals surface area contributed by atoms with Crippen LogP contribution in [0.2, 0.25) is 0 Å². The molecular formula is C18H21F3N4O. The van der Waals surface area contributed by atoms with Crippen molar-refractivity contribution in [3.63, 3.8) is 0 Å². The van der Waals surface area contributed by atoms with E-state index in [4.69, 9.17) is 11.5 Å². The molecule has 0 saturated carbocycles. The fraction of sp³-hybridized carbons (Fsp3) is 0.500. The number of piperidine rings is 1.